The highest BCUT2D eigenvalue weighted by atomic mass is 19.1. The van der Waals surface area contributed by atoms with Crippen molar-refractivity contribution >= 4 is 16.9 Å². The predicted molar refractivity (Wildman–Crippen MR) is 103 cm³/mol. The lowest BCUT2D eigenvalue weighted by Crippen LogP contribution is -2.42. The van der Waals surface area contributed by atoms with Crippen LogP contribution in [0.25, 0.3) is 22.2 Å². The summed E-state index contributed by atoms with van der Waals surface area (Å²) in [6.07, 6.45) is 7.94. The number of hydrogen-bond acceptors (Lipinski definition) is 6. The zero-order valence-corrected chi connectivity index (χ0v) is 15.1. The Kier molecular flexibility index (Phi) is 3.96. The summed E-state index contributed by atoms with van der Waals surface area (Å²) in [4.78, 5) is 8.66. The Morgan fingerprint density at radius 2 is 2.04 bits per heavy atom. The van der Waals surface area contributed by atoms with Crippen LogP contribution >= 0.6 is 0 Å². The molecule has 5 rings (SSSR count). The van der Waals surface area contributed by atoms with Gasteiger partial charge in [0.1, 0.15) is 11.5 Å². The van der Waals surface area contributed by atoms with E-state index in [-0.39, 0.29) is 11.2 Å². The molecule has 1 fully saturated rings. The third-order valence-electron chi connectivity index (χ3n) is 5.45. The molecule has 8 heteroatoms. The summed E-state index contributed by atoms with van der Waals surface area (Å²) in [6, 6.07) is 8.97. The summed E-state index contributed by atoms with van der Waals surface area (Å²) in [7, 11) is 0. The van der Waals surface area contributed by atoms with Gasteiger partial charge in [0.2, 0.25) is 5.95 Å². The molecule has 1 aliphatic rings. The fourth-order valence-electron chi connectivity index (χ4n) is 3.72. The largest absolute Gasteiger partial charge is 0.352 e. The molecule has 4 aromatic rings. The number of aromatic amines is 1. The molecule has 0 saturated heterocycles. The van der Waals surface area contributed by atoms with Gasteiger partial charge in [0.25, 0.3) is 0 Å². The zero-order chi connectivity index (χ0) is 19.0. The SMILES string of the molecule is Fc1cccnc1C1(CNc2ncc(-c3ccc4[nH]ncc4c3)nn2)CCC1. The van der Waals surface area contributed by atoms with Gasteiger partial charge in [0.05, 0.1) is 23.6 Å². The number of benzene rings is 1. The normalized spacial score (nSPS) is 15.3. The van der Waals surface area contributed by atoms with E-state index in [4.69, 9.17) is 0 Å². The van der Waals surface area contributed by atoms with Gasteiger partial charge < -0.3 is 5.32 Å². The van der Waals surface area contributed by atoms with E-state index in [2.05, 4.69) is 35.7 Å². The molecule has 0 amide bonds. The van der Waals surface area contributed by atoms with Crippen LogP contribution in [0.3, 0.4) is 0 Å². The molecule has 0 unspecified atom stereocenters. The molecule has 0 bridgehead atoms. The van der Waals surface area contributed by atoms with Gasteiger partial charge in [-0.05, 0) is 37.1 Å². The van der Waals surface area contributed by atoms with Crippen LogP contribution in [0.5, 0.6) is 0 Å². The average Bonchev–Trinajstić information content (AvgIpc) is 3.17. The minimum atomic E-state index is -0.306. The summed E-state index contributed by atoms with van der Waals surface area (Å²) in [5.41, 5.74) is 2.79. The summed E-state index contributed by atoms with van der Waals surface area (Å²) >= 11 is 0. The molecule has 0 spiro atoms. The Morgan fingerprint density at radius 1 is 1.11 bits per heavy atom. The maximum absolute atomic E-state index is 14.2. The molecule has 1 aliphatic carbocycles. The van der Waals surface area contributed by atoms with Crippen molar-refractivity contribution in [3.05, 3.63) is 60.4 Å². The van der Waals surface area contributed by atoms with Crippen molar-refractivity contribution in [1.29, 1.82) is 0 Å². The van der Waals surface area contributed by atoms with Crippen LogP contribution in [0, 0.1) is 5.82 Å². The number of nitrogens with zero attached hydrogens (tertiary/aromatic N) is 5. The van der Waals surface area contributed by atoms with Crippen LogP contribution in [0.15, 0.2) is 48.9 Å². The van der Waals surface area contributed by atoms with Gasteiger partial charge in [-0.25, -0.2) is 9.37 Å². The monoisotopic (exact) mass is 375 g/mol. The van der Waals surface area contributed by atoms with Crippen LogP contribution in [-0.2, 0) is 5.41 Å². The van der Waals surface area contributed by atoms with E-state index < -0.39 is 0 Å². The molecule has 0 radical (unpaired) electrons. The predicted octanol–water partition coefficient (Wildman–Crippen LogP) is 3.48. The lowest BCUT2D eigenvalue weighted by atomic mass is 9.66. The minimum absolute atomic E-state index is 0.256. The first-order valence-electron chi connectivity index (χ1n) is 9.22. The average molecular weight is 375 g/mol. The number of rotatable bonds is 5. The summed E-state index contributed by atoms with van der Waals surface area (Å²) in [5, 5.41) is 19.6. The van der Waals surface area contributed by atoms with Crippen molar-refractivity contribution in [2.75, 3.05) is 11.9 Å². The molecule has 7 nitrogen and oxygen atoms in total. The highest BCUT2D eigenvalue weighted by Gasteiger charge is 2.41. The first kappa shape index (κ1) is 16.7. The van der Waals surface area contributed by atoms with E-state index in [0.29, 0.717) is 23.9 Å². The van der Waals surface area contributed by atoms with E-state index in [1.54, 1.807) is 24.7 Å². The Bertz CT molecular complexity index is 1120. The highest BCUT2D eigenvalue weighted by molar-refractivity contribution is 5.83. The highest BCUT2D eigenvalue weighted by Crippen LogP contribution is 2.43. The summed E-state index contributed by atoms with van der Waals surface area (Å²) < 4.78 is 14.2. The van der Waals surface area contributed by atoms with Gasteiger partial charge in [0.15, 0.2) is 0 Å². The summed E-state index contributed by atoms with van der Waals surface area (Å²) in [6.45, 7) is 0.531. The fourth-order valence-corrected chi connectivity index (χ4v) is 3.72. The molecule has 0 atom stereocenters. The number of anilines is 1. The number of hydrogen-bond donors (Lipinski definition) is 2. The smallest absolute Gasteiger partial charge is 0.242 e. The maximum atomic E-state index is 14.2. The lowest BCUT2D eigenvalue weighted by molar-refractivity contribution is 0.243. The van der Waals surface area contributed by atoms with E-state index in [1.807, 2.05) is 18.2 Å². The van der Waals surface area contributed by atoms with Crippen LogP contribution in [0.1, 0.15) is 25.0 Å². The fraction of sp³-hybridized carbons (Fsp3) is 0.250. The van der Waals surface area contributed by atoms with Gasteiger partial charge in [-0.2, -0.15) is 5.10 Å². The minimum Gasteiger partial charge on any atom is -0.352 e. The second-order valence-corrected chi connectivity index (χ2v) is 7.16. The molecule has 28 heavy (non-hydrogen) atoms. The molecule has 1 aromatic carbocycles. The number of nitrogens with one attached hydrogen (secondary N) is 2. The number of halogens is 1. The second-order valence-electron chi connectivity index (χ2n) is 7.16. The van der Waals surface area contributed by atoms with Gasteiger partial charge in [-0.15, -0.1) is 10.2 Å². The van der Waals surface area contributed by atoms with Gasteiger partial charge in [0, 0.05) is 29.1 Å². The maximum Gasteiger partial charge on any atom is 0.242 e. The van der Waals surface area contributed by atoms with E-state index in [9.17, 15) is 4.39 Å². The van der Waals surface area contributed by atoms with Gasteiger partial charge >= 0.3 is 0 Å². The number of aromatic nitrogens is 6. The Labute approximate surface area is 160 Å². The first-order chi connectivity index (χ1) is 13.7. The first-order valence-corrected chi connectivity index (χ1v) is 9.22. The third kappa shape index (κ3) is 2.87. The lowest BCUT2D eigenvalue weighted by Gasteiger charge is -2.41. The molecule has 3 heterocycles. The second kappa shape index (κ2) is 6.63. The van der Waals surface area contributed by atoms with Crippen LogP contribution in [-0.4, -0.2) is 36.9 Å². The number of fused-ring (bicyclic) bond motifs is 1. The number of H-pyrrole nitrogens is 1. The molecular weight excluding hydrogens is 357 g/mol. The van der Waals surface area contributed by atoms with Crippen molar-refractivity contribution in [3.63, 3.8) is 0 Å². The van der Waals surface area contributed by atoms with E-state index in [0.717, 1.165) is 35.7 Å². The Hall–Kier alpha value is -3.42. The Balaban J connectivity index is 1.33. The molecule has 2 N–H and O–H groups in total. The quantitative estimate of drug-likeness (QED) is 0.555. The standard InChI is InChI=1S/C20H18FN7/c21-15-3-1-8-22-18(15)20(6-2-7-20)12-24-19-23-11-17(27-28-19)13-4-5-16-14(9-13)10-25-26-16/h1,3-5,8-11H,2,6-7,12H2,(H,25,26)(H,23,24,28). The van der Waals surface area contributed by atoms with Crippen molar-refractivity contribution in [3.8, 4) is 11.3 Å². The van der Waals surface area contributed by atoms with Crippen molar-refractivity contribution in [1.82, 2.24) is 30.4 Å². The molecule has 140 valence electrons. The molecular formula is C20H18FN7. The summed E-state index contributed by atoms with van der Waals surface area (Å²) in [5.74, 6) is 0.170. The van der Waals surface area contributed by atoms with Crippen molar-refractivity contribution < 1.29 is 4.39 Å². The zero-order valence-electron chi connectivity index (χ0n) is 15.1. The number of pyridine rings is 1. The van der Waals surface area contributed by atoms with Crippen LogP contribution < -0.4 is 5.32 Å². The van der Waals surface area contributed by atoms with Crippen molar-refractivity contribution in [2.45, 2.75) is 24.7 Å². The third-order valence-corrected chi connectivity index (χ3v) is 5.45. The van der Waals surface area contributed by atoms with Crippen LogP contribution in [0.4, 0.5) is 10.3 Å². The molecule has 3 aromatic heterocycles. The van der Waals surface area contributed by atoms with E-state index >= 15 is 0 Å². The topological polar surface area (TPSA) is 92.3 Å². The van der Waals surface area contributed by atoms with Crippen molar-refractivity contribution in [2.24, 2.45) is 0 Å². The molecule has 0 aliphatic heterocycles. The van der Waals surface area contributed by atoms with E-state index in [1.165, 1.54) is 6.07 Å². The Morgan fingerprint density at radius 3 is 2.79 bits per heavy atom. The molecule has 1 saturated carbocycles. The van der Waals surface area contributed by atoms with Gasteiger partial charge in [-0.1, -0.05) is 12.5 Å². The van der Waals surface area contributed by atoms with Gasteiger partial charge in [-0.3, -0.25) is 10.1 Å². The van der Waals surface area contributed by atoms with Crippen LogP contribution in [0.2, 0.25) is 0 Å².